The van der Waals surface area contributed by atoms with Crippen LogP contribution in [0.4, 0.5) is 4.39 Å². The number of amides is 2. The smallest absolute Gasteiger partial charge is 0.261 e. The summed E-state index contributed by atoms with van der Waals surface area (Å²) in [5, 5.41) is 2.68. The lowest BCUT2D eigenvalue weighted by molar-refractivity contribution is -0.142. The molecule has 0 aliphatic carbocycles. The summed E-state index contributed by atoms with van der Waals surface area (Å²) < 4.78 is 19.3. The summed E-state index contributed by atoms with van der Waals surface area (Å²) in [7, 11) is 1.55. The van der Waals surface area contributed by atoms with Gasteiger partial charge in [0.05, 0.1) is 0 Å². The summed E-state index contributed by atoms with van der Waals surface area (Å²) in [6.07, 6.45) is 0.341. The van der Waals surface area contributed by atoms with Gasteiger partial charge in [-0.2, -0.15) is 0 Å². The lowest BCUT2D eigenvalue weighted by atomic mass is 9.87. The monoisotopic (exact) mass is 476 g/mol. The first kappa shape index (κ1) is 25.9. The van der Waals surface area contributed by atoms with Crippen LogP contribution >= 0.6 is 0 Å². The van der Waals surface area contributed by atoms with E-state index in [0.717, 1.165) is 16.7 Å². The van der Waals surface area contributed by atoms with Crippen molar-refractivity contribution in [1.82, 2.24) is 10.2 Å². The van der Waals surface area contributed by atoms with E-state index in [1.54, 1.807) is 19.2 Å². The Morgan fingerprint density at radius 2 is 1.54 bits per heavy atom. The molecular formula is C29H33FN2O3. The molecule has 0 bridgehead atoms. The molecule has 3 aromatic rings. The Morgan fingerprint density at radius 3 is 2.11 bits per heavy atom. The van der Waals surface area contributed by atoms with Gasteiger partial charge in [0.1, 0.15) is 17.6 Å². The van der Waals surface area contributed by atoms with Gasteiger partial charge in [0.2, 0.25) is 5.91 Å². The predicted octanol–water partition coefficient (Wildman–Crippen LogP) is 4.89. The topological polar surface area (TPSA) is 58.6 Å². The van der Waals surface area contributed by atoms with Gasteiger partial charge in [-0.25, -0.2) is 4.39 Å². The van der Waals surface area contributed by atoms with E-state index in [0.29, 0.717) is 12.2 Å². The van der Waals surface area contributed by atoms with Crippen molar-refractivity contribution >= 4 is 11.8 Å². The highest BCUT2D eigenvalue weighted by molar-refractivity contribution is 5.88. The van der Waals surface area contributed by atoms with Crippen LogP contribution in [0.15, 0.2) is 78.9 Å². The van der Waals surface area contributed by atoms with E-state index in [9.17, 15) is 14.0 Å². The number of carbonyl (C=O) groups excluding carboxylic acids is 2. The molecule has 0 unspecified atom stereocenters. The van der Waals surface area contributed by atoms with Crippen LogP contribution in [0.3, 0.4) is 0 Å². The van der Waals surface area contributed by atoms with Gasteiger partial charge in [-0.3, -0.25) is 9.59 Å². The number of hydrogen-bond donors (Lipinski definition) is 1. The largest absolute Gasteiger partial charge is 0.484 e. The second-order valence-corrected chi connectivity index (χ2v) is 9.53. The standard InChI is InChI=1S/C29H33FN2O3/c1-29(2,3)23-12-16-25(17-13-23)35-20-27(33)32(19-22-10-14-24(30)15-11-22)26(28(34)31-4)18-21-8-6-5-7-9-21/h5-17,26H,18-20H2,1-4H3,(H,31,34)/t26-/m0/s1. The average Bonchev–Trinajstić information content (AvgIpc) is 2.85. The molecule has 0 heterocycles. The fourth-order valence-electron chi connectivity index (χ4n) is 3.79. The fraction of sp³-hybridized carbons (Fsp3) is 0.310. The Kier molecular flexibility index (Phi) is 8.63. The van der Waals surface area contributed by atoms with Crippen LogP contribution in [0.2, 0.25) is 0 Å². The molecule has 0 radical (unpaired) electrons. The van der Waals surface area contributed by atoms with Crippen molar-refractivity contribution < 1.29 is 18.7 Å². The van der Waals surface area contributed by atoms with E-state index in [1.165, 1.54) is 17.0 Å². The summed E-state index contributed by atoms with van der Waals surface area (Å²) in [5.74, 6) is -0.397. The van der Waals surface area contributed by atoms with Crippen LogP contribution in [-0.4, -0.2) is 36.4 Å². The molecule has 184 valence electrons. The molecular weight excluding hydrogens is 443 g/mol. The van der Waals surface area contributed by atoms with Crippen molar-refractivity contribution in [3.63, 3.8) is 0 Å². The SMILES string of the molecule is CNC(=O)[C@H](Cc1ccccc1)N(Cc1ccc(F)cc1)C(=O)COc1ccc(C(C)(C)C)cc1. The maximum Gasteiger partial charge on any atom is 0.261 e. The van der Waals surface area contributed by atoms with E-state index in [1.807, 2.05) is 54.6 Å². The summed E-state index contributed by atoms with van der Waals surface area (Å²) in [6.45, 7) is 6.32. The Balaban J connectivity index is 1.83. The zero-order valence-corrected chi connectivity index (χ0v) is 20.8. The minimum absolute atomic E-state index is 0.0124. The Morgan fingerprint density at radius 1 is 0.914 bits per heavy atom. The third-order valence-corrected chi connectivity index (χ3v) is 5.87. The number of ether oxygens (including phenoxy) is 1. The minimum Gasteiger partial charge on any atom is -0.484 e. The van der Waals surface area contributed by atoms with Gasteiger partial charge < -0.3 is 15.0 Å². The predicted molar refractivity (Wildman–Crippen MR) is 136 cm³/mol. The fourth-order valence-corrected chi connectivity index (χ4v) is 3.79. The van der Waals surface area contributed by atoms with Crippen molar-refractivity contribution in [3.05, 3.63) is 101 Å². The van der Waals surface area contributed by atoms with Crippen LogP contribution < -0.4 is 10.1 Å². The zero-order valence-electron chi connectivity index (χ0n) is 20.8. The van der Waals surface area contributed by atoms with Crippen LogP contribution in [-0.2, 0) is 28.0 Å². The van der Waals surface area contributed by atoms with E-state index >= 15 is 0 Å². The molecule has 5 nitrogen and oxygen atoms in total. The van der Waals surface area contributed by atoms with Gasteiger partial charge in [0.25, 0.3) is 5.91 Å². The quantitative estimate of drug-likeness (QED) is 0.479. The average molecular weight is 477 g/mol. The summed E-state index contributed by atoms with van der Waals surface area (Å²) in [4.78, 5) is 27.8. The number of benzene rings is 3. The second kappa shape index (κ2) is 11.6. The molecule has 0 aliphatic rings. The van der Waals surface area contributed by atoms with Gasteiger partial charge >= 0.3 is 0 Å². The Labute approximate surface area is 206 Å². The normalized spacial score (nSPS) is 12.0. The number of rotatable bonds is 9. The molecule has 0 aliphatic heterocycles. The molecule has 2 amide bonds. The number of nitrogens with zero attached hydrogens (tertiary/aromatic N) is 1. The summed E-state index contributed by atoms with van der Waals surface area (Å²) in [5.41, 5.74) is 2.82. The molecule has 0 aromatic heterocycles. The molecule has 1 N–H and O–H groups in total. The molecule has 35 heavy (non-hydrogen) atoms. The lowest BCUT2D eigenvalue weighted by Crippen LogP contribution is -2.51. The maximum atomic E-state index is 13.5. The first-order valence-electron chi connectivity index (χ1n) is 11.7. The maximum absolute atomic E-state index is 13.5. The van der Waals surface area contributed by atoms with Crippen molar-refractivity contribution in [2.45, 2.75) is 45.2 Å². The van der Waals surface area contributed by atoms with Crippen molar-refractivity contribution in [2.75, 3.05) is 13.7 Å². The van der Waals surface area contributed by atoms with Crippen molar-refractivity contribution in [1.29, 1.82) is 0 Å². The molecule has 3 aromatic carbocycles. The summed E-state index contributed by atoms with van der Waals surface area (Å²) in [6, 6.07) is 22.4. The first-order chi connectivity index (χ1) is 16.7. The van der Waals surface area contributed by atoms with Crippen LogP contribution in [0.25, 0.3) is 0 Å². The van der Waals surface area contributed by atoms with Crippen molar-refractivity contribution in [3.8, 4) is 5.75 Å². The third-order valence-electron chi connectivity index (χ3n) is 5.87. The van der Waals surface area contributed by atoms with E-state index in [4.69, 9.17) is 4.74 Å². The molecule has 0 fully saturated rings. The van der Waals surface area contributed by atoms with Crippen LogP contribution in [0.1, 0.15) is 37.5 Å². The van der Waals surface area contributed by atoms with Crippen LogP contribution in [0, 0.1) is 5.82 Å². The molecule has 1 atom stereocenters. The first-order valence-corrected chi connectivity index (χ1v) is 11.7. The number of likely N-dealkylation sites (N-methyl/N-ethyl adjacent to an activating group) is 1. The Bertz CT molecular complexity index is 1110. The van der Waals surface area contributed by atoms with Gasteiger partial charge in [-0.05, 0) is 46.4 Å². The number of halogens is 1. The Hall–Kier alpha value is -3.67. The van der Waals surface area contributed by atoms with Crippen molar-refractivity contribution in [2.24, 2.45) is 0 Å². The third kappa shape index (κ3) is 7.41. The van der Waals surface area contributed by atoms with Gasteiger partial charge in [-0.15, -0.1) is 0 Å². The second-order valence-electron chi connectivity index (χ2n) is 9.53. The van der Waals surface area contributed by atoms with E-state index < -0.39 is 6.04 Å². The molecule has 0 spiro atoms. The highest BCUT2D eigenvalue weighted by atomic mass is 19.1. The zero-order chi connectivity index (χ0) is 25.4. The van der Waals surface area contributed by atoms with Gasteiger partial charge in [0, 0.05) is 20.0 Å². The molecule has 0 saturated heterocycles. The van der Waals surface area contributed by atoms with E-state index in [-0.39, 0.29) is 36.2 Å². The minimum atomic E-state index is -0.758. The highest BCUT2D eigenvalue weighted by Crippen LogP contribution is 2.24. The highest BCUT2D eigenvalue weighted by Gasteiger charge is 2.30. The number of carbonyl (C=O) groups is 2. The number of nitrogens with one attached hydrogen (secondary N) is 1. The lowest BCUT2D eigenvalue weighted by Gasteiger charge is -2.31. The molecule has 3 rings (SSSR count). The molecule has 6 heteroatoms. The summed E-state index contributed by atoms with van der Waals surface area (Å²) >= 11 is 0. The number of hydrogen-bond acceptors (Lipinski definition) is 3. The molecule has 0 saturated carbocycles. The van der Waals surface area contributed by atoms with Gasteiger partial charge in [-0.1, -0.05) is 75.4 Å². The van der Waals surface area contributed by atoms with Crippen LogP contribution in [0.5, 0.6) is 5.75 Å². The van der Waals surface area contributed by atoms with E-state index in [2.05, 4.69) is 26.1 Å². The van der Waals surface area contributed by atoms with Gasteiger partial charge in [0.15, 0.2) is 6.61 Å².